The minimum atomic E-state index is -3.70. The van der Waals surface area contributed by atoms with Crippen LogP contribution in [0.4, 0.5) is 0 Å². The second kappa shape index (κ2) is 8.76. The summed E-state index contributed by atoms with van der Waals surface area (Å²) in [5.74, 6) is -0.0849. The molecule has 0 aliphatic heterocycles. The van der Waals surface area contributed by atoms with Gasteiger partial charge >= 0.3 is 0 Å². The maximum atomic E-state index is 11.9. The number of hydrogen-bond donors (Lipinski definition) is 1. The van der Waals surface area contributed by atoms with Gasteiger partial charge in [-0.15, -0.1) is 11.3 Å². The molecule has 1 amide bonds. The number of amides is 1. The van der Waals surface area contributed by atoms with Crippen LogP contribution in [0.25, 0.3) is 0 Å². The van der Waals surface area contributed by atoms with Crippen molar-refractivity contribution < 1.29 is 13.2 Å². The number of thiophene rings is 1. The van der Waals surface area contributed by atoms with Crippen LogP contribution in [0.3, 0.4) is 0 Å². The van der Waals surface area contributed by atoms with Crippen LogP contribution < -0.4 is 5.32 Å². The normalized spacial score (nSPS) is 13.1. The molecule has 7 heteroatoms. The summed E-state index contributed by atoms with van der Waals surface area (Å²) in [6, 6.07) is 3.21. The zero-order valence-electron chi connectivity index (χ0n) is 12.4. The van der Waals surface area contributed by atoms with E-state index in [-0.39, 0.29) is 22.6 Å². The minimum Gasteiger partial charge on any atom is -0.353 e. The number of carbonyl (C=O) groups is 1. The third-order valence-corrected chi connectivity index (χ3v) is 6.29. The fourth-order valence-corrected chi connectivity index (χ4v) is 4.14. The van der Waals surface area contributed by atoms with Gasteiger partial charge in [0.1, 0.15) is 4.21 Å². The molecule has 1 unspecified atom stereocenters. The SMILES string of the molecule is CCCCCCC(C)NC(=O)Cc1ccc(S(=O)(=O)Cl)s1. The first kappa shape index (κ1) is 18.5. The van der Waals surface area contributed by atoms with Crippen molar-refractivity contribution in [2.24, 2.45) is 0 Å². The quantitative estimate of drug-likeness (QED) is 0.545. The summed E-state index contributed by atoms with van der Waals surface area (Å²) in [5, 5.41) is 2.94. The van der Waals surface area contributed by atoms with Crippen LogP contribution in [0.1, 0.15) is 50.8 Å². The van der Waals surface area contributed by atoms with Gasteiger partial charge in [0.2, 0.25) is 5.91 Å². The Labute approximate surface area is 135 Å². The fraction of sp³-hybridized carbons (Fsp3) is 0.643. The summed E-state index contributed by atoms with van der Waals surface area (Å²) in [5.41, 5.74) is 0. The van der Waals surface area contributed by atoms with Gasteiger partial charge in [-0.1, -0.05) is 32.6 Å². The fourth-order valence-electron chi connectivity index (χ4n) is 2.02. The lowest BCUT2D eigenvalue weighted by atomic mass is 10.1. The first-order valence-corrected chi connectivity index (χ1v) is 10.3. The molecule has 1 rings (SSSR count). The largest absolute Gasteiger partial charge is 0.353 e. The molecular weight excluding hydrogens is 330 g/mol. The first-order valence-electron chi connectivity index (χ1n) is 7.15. The number of carbonyl (C=O) groups excluding carboxylic acids is 1. The van der Waals surface area contributed by atoms with E-state index in [2.05, 4.69) is 12.2 Å². The molecule has 1 aromatic heterocycles. The molecule has 0 aliphatic carbocycles. The summed E-state index contributed by atoms with van der Waals surface area (Å²) in [6.45, 7) is 4.16. The summed E-state index contributed by atoms with van der Waals surface area (Å²) in [7, 11) is 1.56. The Morgan fingerprint density at radius 3 is 2.62 bits per heavy atom. The molecule has 120 valence electrons. The maximum absolute atomic E-state index is 11.9. The first-order chi connectivity index (χ1) is 9.82. The highest BCUT2D eigenvalue weighted by Crippen LogP contribution is 2.25. The number of nitrogens with one attached hydrogen (secondary N) is 1. The Hall–Kier alpha value is -0.590. The zero-order valence-corrected chi connectivity index (χ0v) is 14.8. The van der Waals surface area contributed by atoms with Crippen molar-refractivity contribution in [1.82, 2.24) is 5.32 Å². The van der Waals surface area contributed by atoms with E-state index in [0.29, 0.717) is 4.88 Å². The van der Waals surface area contributed by atoms with Gasteiger partial charge < -0.3 is 5.32 Å². The van der Waals surface area contributed by atoms with Crippen molar-refractivity contribution in [2.45, 2.75) is 62.6 Å². The van der Waals surface area contributed by atoms with Gasteiger partial charge in [0.05, 0.1) is 6.42 Å². The highest BCUT2D eigenvalue weighted by atomic mass is 35.7. The van der Waals surface area contributed by atoms with Crippen LogP contribution in [-0.4, -0.2) is 20.4 Å². The lowest BCUT2D eigenvalue weighted by molar-refractivity contribution is -0.121. The van der Waals surface area contributed by atoms with E-state index >= 15 is 0 Å². The molecule has 0 radical (unpaired) electrons. The Bertz CT molecular complexity index is 554. The monoisotopic (exact) mass is 351 g/mol. The molecule has 21 heavy (non-hydrogen) atoms. The topological polar surface area (TPSA) is 63.2 Å². The van der Waals surface area contributed by atoms with Crippen LogP contribution in [0, 0.1) is 0 Å². The molecule has 1 atom stereocenters. The van der Waals surface area contributed by atoms with E-state index in [1.807, 2.05) is 6.92 Å². The molecule has 0 saturated heterocycles. The highest BCUT2D eigenvalue weighted by Gasteiger charge is 2.15. The molecule has 0 saturated carbocycles. The van der Waals surface area contributed by atoms with Crippen LogP contribution in [0.5, 0.6) is 0 Å². The third kappa shape index (κ3) is 7.29. The Morgan fingerprint density at radius 1 is 1.33 bits per heavy atom. The van der Waals surface area contributed by atoms with Gasteiger partial charge in [-0.3, -0.25) is 4.79 Å². The van der Waals surface area contributed by atoms with Gasteiger partial charge in [0.25, 0.3) is 9.05 Å². The second-order valence-electron chi connectivity index (χ2n) is 5.15. The predicted octanol–water partition coefficient (Wildman–Crippen LogP) is 3.69. The Balaban J connectivity index is 2.38. The molecular formula is C14H22ClNO3S2. The average molecular weight is 352 g/mol. The van der Waals surface area contributed by atoms with E-state index in [1.54, 1.807) is 6.07 Å². The van der Waals surface area contributed by atoms with Crippen LogP contribution >= 0.6 is 22.0 Å². The number of halogens is 1. The van der Waals surface area contributed by atoms with Crippen molar-refractivity contribution in [3.8, 4) is 0 Å². The van der Waals surface area contributed by atoms with Crippen molar-refractivity contribution in [3.05, 3.63) is 17.0 Å². The van der Waals surface area contributed by atoms with Gasteiger partial charge in [0.15, 0.2) is 0 Å². The van der Waals surface area contributed by atoms with E-state index in [0.717, 1.165) is 24.2 Å². The molecule has 0 spiro atoms. The van der Waals surface area contributed by atoms with Crippen molar-refractivity contribution in [1.29, 1.82) is 0 Å². The van der Waals surface area contributed by atoms with Crippen molar-refractivity contribution >= 4 is 37.0 Å². The molecule has 1 heterocycles. The Morgan fingerprint density at radius 2 is 2.05 bits per heavy atom. The Kier molecular flexibility index (Phi) is 7.70. The van der Waals surface area contributed by atoms with Gasteiger partial charge in [-0.05, 0) is 25.5 Å². The minimum absolute atomic E-state index is 0.0829. The molecule has 1 N–H and O–H groups in total. The summed E-state index contributed by atoms with van der Waals surface area (Å²) in [4.78, 5) is 12.6. The lowest BCUT2D eigenvalue weighted by Gasteiger charge is -2.13. The number of unbranched alkanes of at least 4 members (excludes halogenated alkanes) is 3. The van der Waals surface area contributed by atoms with E-state index in [4.69, 9.17) is 10.7 Å². The average Bonchev–Trinajstić information content (AvgIpc) is 2.82. The second-order valence-corrected chi connectivity index (χ2v) is 9.11. The summed E-state index contributed by atoms with van der Waals surface area (Å²) in [6.07, 6.45) is 5.89. The lowest BCUT2D eigenvalue weighted by Crippen LogP contribution is -2.33. The summed E-state index contributed by atoms with van der Waals surface area (Å²) >= 11 is 1.04. The van der Waals surface area contributed by atoms with Crippen LogP contribution in [0.15, 0.2) is 16.3 Å². The van der Waals surface area contributed by atoms with Gasteiger partial charge in [0, 0.05) is 21.6 Å². The predicted molar refractivity (Wildman–Crippen MR) is 87.4 cm³/mol. The van der Waals surface area contributed by atoms with E-state index in [9.17, 15) is 13.2 Å². The molecule has 1 aromatic rings. The van der Waals surface area contributed by atoms with Gasteiger partial charge in [-0.2, -0.15) is 0 Å². The number of hydrogen-bond acceptors (Lipinski definition) is 4. The molecule has 0 bridgehead atoms. The molecule has 4 nitrogen and oxygen atoms in total. The zero-order chi connectivity index (χ0) is 15.9. The van der Waals surface area contributed by atoms with Crippen molar-refractivity contribution in [2.75, 3.05) is 0 Å². The molecule has 0 aliphatic rings. The van der Waals surface area contributed by atoms with Crippen LogP contribution in [-0.2, 0) is 20.3 Å². The van der Waals surface area contributed by atoms with E-state index < -0.39 is 9.05 Å². The summed E-state index contributed by atoms with van der Waals surface area (Å²) < 4.78 is 22.4. The molecule has 0 aromatic carbocycles. The maximum Gasteiger partial charge on any atom is 0.270 e. The standard InChI is InChI=1S/C14H22ClNO3S2/c1-3-4-5-6-7-11(2)16-13(17)10-12-8-9-14(20-12)21(15,18)19/h8-9,11H,3-7,10H2,1-2H3,(H,16,17). The van der Waals surface area contributed by atoms with Crippen LogP contribution in [0.2, 0.25) is 0 Å². The third-order valence-electron chi connectivity index (χ3n) is 3.11. The number of rotatable bonds is 9. The smallest absolute Gasteiger partial charge is 0.270 e. The van der Waals surface area contributed by atoms with Gasteiger partial charge in [-0.25, -0.2) is 8.42 Å². The highest BCUT2D eigenvalue weighted by molar-refractivity contribution is 8.15. The van der Waals surface area contributed by atoms with E-state index in [1.165, 1.54) is 25.3 Å². The van der Waals surface area contributed by atoms with Crippen molar-refractivity contribution in [3.63, 3.8) is 0 Å². The molecule has 0 fully saturated rings.